The van der Waals surface area contributed by atoms with E-state index in [9.17, 15) is 27.5 Å². The van der Waals surface area contributed by atoms with E-state index in [2.05, 4.69) is 10.1 Å². The van der Waals surface area contributed by atoms with Gasteiger partial charge in [0.2, 0.25) is 0 Å². The summed E-state index contributed by atoms with van der Waals surface area (Å²) in [6.45, 7) is 0. The normalized spacial score (nSPS) is 16.3. The Bertz CT molecular complexity index is 870. The lowest BCUT2D eigenvalue weighted by Gasteiger charge is -2.16. The maximum atomic E-state index is 13.9. The molecule has 4 nitrogen and oxygen atoms in total. The molecule has 0 spiro atoms. The number of ether oxygens (including phenoxy) is 1. The Morgan fingerprint density at radius 1 is 1.31 bits per heavy atom. The third-order valence-electron chi connectivity index (χ3n) is 4.03. The lowest BCUT2D eigenvalue weighted by molar-refractivity contribution is -0.275. The Morgan fingerprint density at radius 2 is 2.04 bits per heavy atom. The van der Waals surface area contributed by atoms with Crippen molar-refractivity contribution >= 4 is 17.5 Å². The van der Waals surface area contributed by atoms with E-state index in [-0.39, 0.29) is 10.6 Å². The molecule has 0 radical (unpaired) electrons. The number of aromatic hydroxyl groups is 1. The van der Waals surface area contributed by atoms with E-state index in [0.717, 1.165) is 18.2 Å². The Balaban J connectivity index is 1.84. The highest BCUT2D eigenvalue weighted by Crippen LogP contribution is 2.37. The number of carbonyl (C=O) groups is 1. The molecular weight excluding hydrogens is 378 g/mol. The summed E-state index contributed by atoms with van der Waals surface area (Å²) in [7, 11) is 0. The molecule has 1 aliphatic carbocycles. The summed E-state index contributed by atoms with van der Waals surface area (Å²) in [6, 6.07) is 5.32. The standard InChI is InChI=1S/C17H12ClF4NO3/c18-8-6-11-9(12(19)7-8)4-5-13(11)23-16(25)10-2-1-3-14(15(10)24)26-17(20,21)22/h1-3,6-7,13,24H,4-5H2,(H,23,25)/t13-/m1/s1. The zero-order valence-electron chi connectivity index (χ0n) is 13.0. The minimum atomic E-state index is -5.01. The number of rotatable bonds is 3. The molecule has 0 aromatic heterocycles. The first-order valence-electron chi connectivity index (χ1n) is 7.52. The number of hydrogen-bond donors (Lipinski definition) is 2. The molecule has 2 N–H and O–H groups in total. The van der Waals surface area contributed by atoms with Crippen molar-refractivity contribution in [2.45, 2.75) is 25.2 Å². The van der Waals surface area contributed by atoms with Crippen LogP contribution in [-0.4, -0.2) is 17.4 Å². The van der Waals surface area contributed by atoms with Crippen LogP contribution >= 0.6 is 11.6 Å². The zero-order chi connectivity index (χ0) is 19.1. The van der Waals surface area contributed by atoms with Gasteiger partial charge in [0.1, 0.15) is 5.82 Å². The van der Waals surface area contributed by atoms with Crippen LogP contribution in [0.2, 0.25) is 5.02 Å². The number of nitrogens with one attached hydrogen (secondary N) is 1. The lowest BCUT2D eigenvalue weighted by atomic mass is 10.1. The molecule has 2 aromatic carbocycles. The number of amides is 1. The van der Waals surface area contributed by atoms with Gasteiger partial charge in [-0.2, -0.15) is 0 Å². The van der Waals surface area contributed by atoms with E-state index in [1.54, 1.807) is 0 Å². The number of hydrogen-bond acceptors (Lipinski definition) is 3. The van der Waals surface area contributed by atoms with Gasteiger partial charge in [0, 0.05) is 5.02 Å². The van der Waals surface area contributed by atoms with Crippen LogP contribution in [0.15, 0.2) is 30.3 Å². The van der Waals surface area contributed by atoms with Gasteiger partial charge in [-0.05, 0) is 48.2 Å². The Labute approximate surface area is 150 Å². The fourth-order valence-corrected chi connectivity index (χ4v) is 3.15. The minimum Gasteiger partial charge on any atom is -0.504 e. The number of benzene rings is 2. The Morgan fingerprint density at radius 3 is 2.73 bits per heavy atom. The number of alkyl halides is 3. The molecule has 0 saturated heterocycles. The van der Waals surface area contributed by atoms with Crippen LogP contribution in [0.25, 0.3) is 0 Å². The number of phenols is 1. The van der Waals surface area contributed by atoms with Crippen molar-refractivity contribution in [3.05, 3.63) is 57.9 Å². The smallest absolute Gasteiger partial charge is 0.504 e. The first kappa shape index (κ1) is 18.3. The first-order valence-corrected chi connectivity index (χ1v) is 7.90. The van der Waals surface area contributed by atoms with Crippen LogP contribution in [0, 0.1) is 5.82 Å². The Hall–Kier alpha value is -2.48. The molecule has 2 aromatic rings. The highest BCUT2D eigenvalue weighted by atomic mass is 35.5. The summed E-state index contributed by atoms with van der Waals surface area (Å²) in [5.41, 5.74) is 0.548. The number of carbonyl (C=O) groups excluding carboxylic acids is 1. The molecule has 0 unspecified atom stereocenters. The molecule has 1 atom stereocenters. The molecule has 138 valence electrons. The average molecular weight is 390 g/mol. The van der Waals surface area contributed by atoms with E-state index in [1.807, 2.05) is 0 Å². The van der Waals surface area contributed by atoms with Crippen molar-refractivity contribution in [2.75, 3.05) is 0 Å². The third-order valence-corrected chi connectivity index (χ3v) is 4.25. The van der Waals surface area contributed by atoms with Gasteiger partial charge in [-0.25, -0.2) is 4.39 Å². The number of fused-ring (bicyclic) bond motifs is 1. The van der Waals surface area contributed by atoms with E-state index in [1.165, 1.54) is 12.1 Å². The maximum Gasteiger partial charge on any atom is 0.573 e. The monoisotopic (exact) mass is 389 g/mol. The lowest BCUT2D eigenvalue weighted by Crippen LogP contribution is -2.27. The molecule has 0 heterocycles. The van der Waals surface area contributed by atoms with Crippen LogP contribution in [0.1, 0.15) is 33.9 Å². The number of phenolic OH excluding ortho intramolecular Hbond substituents is 1. The predicted octanol–water partition coefficient (Wildman–Crippen LogP) is 4.50. The number of halogens is 5. The number of para-hydroxylation sites is 1. The van der Waals surface area contributed by atoms with Crippen molar-refractivity contribution in [3.8, 4) is 11.5 Å². The van der Waals surface area contributed by atoms with Crippen LogP contribution in [0.4, 0.5) is 17.6 Å². The zero-order valence-corrected chi connectivity index (χ0v) is 13.8. The first-order chi connectivity index (χ1) is 12.2. The Kier molecular flexibility index (Phi) is 4.70. The minimum absolute atomic E-state index is 0.172. The van der Waals surface area contributed by atoms with Crippen LogP contribution in [-0.2, 0) is 6.42 Å². The summed E-state index contributed by atoms with van der Waals surface area (Å²) in [6.07, 6.45) is -4.23. The fraction of sp³-hybridized carbons (Fsp3) is 0.235. The van der Waals surface area contributed by atoms with Crippen LogP contribution in [0.3, 0.4) is 0 Å². The van der Waals surface area contributed by atoms with Crippen molar-refractivity contribution < 1.29 is 32.2 Å². The summed E-state index contributed by atoms with van der Waals surface area (Å²) in [5, 5.41) is 12.7. The molecular formula is C17H12ClF4NO3. The molecule has 26 heavy (non-hydrogen) atoms. The van der Waals surface area contributed by atoms with Gasteiger partial charge < -0.3 is 15.2 Å². The van der Waals surface area contributed by atoms with Gasteiger partial charge in [-0.1, -0.05) is 17.7 Å². The van der Waals surface area contributed by atoms with Gasteiger partial charge in [0.15, 0.2) is 11.5 Å². The van der Waals surface area contributed by atoms with E-state index in [4.69, 9.17) is 11.6 Å². The molecule has 9 heteroatoms. The summed E-state index contributed by atoms with van der Waals surface area (Å²) in [5.74, 6) is -3.11. The van der Waals surface area contributed by atoms with Gasteiger partial charge in [0.05, 0.1) is 11.6 Å². The van der Waals surface area contributed by atoms with Crippen molar-refractivity contribution in [2.24, 2.45) is 0 Å². The maximum absolute atomic E-state index is 13.9. The molecule has 0 bridgehead atoms. The van der Waals surface area contributed by atoms with Crippen molar-refractivity contribution in [3.63, 3.8) is 0 Å². The van der Waals surface area contributed by atoms with Crippen LogP contribution < -0.4 is 10.1 Å². The second kappa shape index (κ2) is 6.68. The molecule has 0 saturated carbocycles. The highest BCUT2D eigenvalue weighted by Gasteiger charge is 2.33. The fourth-order valence-electron chi connectivity index (χ4n) is 2.94. The molecule has 0 fully saturated rings. The quantitative estimate of drug-likeness (QED) is 0.760. The summed E-state index contributed by atoms with van der Waals surface area (Å²) < 4.78 is 54.6. The molecule has 1 amide bonds. The van der Waals surface area contributed by atoms with E-state index in [0.29, 0.717) is 24.0 Å². The van der Waals surface area contributed by atoms with E-state index >= 15 is 0 Å². The largest absolute Gasteiger partial charge is 0.573 e. The van der Waals surface area contributed by atoms with E-state index < -0.39 is 35.6 Å². The summed E-state index contributed by atoms with van der Waals surface area (Å²) in [4.78, 5) is 12.4. The van der Waals surface area contributed by atoms with Crippen molar-refractivity contribution in [1.82, 2.24) is 5.32 Å². The highest BCUT2D eigenvalue weighted by molar-refractivity contribution is 6.30. The second-order valence-corrected chi connectivity index (χ2v) is 6.16. The second-order valence-electron chi connectivity index (χ2n) is 5.72. The van der Waals surface area contributed by atoms with Crippen LogP contribution in [0.5, 0.6) is 11.5 Å². The SMILES string of the molecule is O=C(N[C@@H]1CCc2c(F)cc(Cl)cc21)c1cccc(OC(F)(F)F)c1O. The summed E-state index contributed by atoms with van der Waals surface area (Å²) >= 11 is 5.84. The molecule has 0 aliphatic heterocycles. The molecule has 1 aliphatic rings. The third kappa shape index (κ3) is 3.70. The van der Waals surface area contributed by atoms with Gasteiger partial charge in [-0.15, -0.1) is 13.2 Å². The van der Waals surface area contributed by atoms with Crippen molar-refractivity contribution in [1.29, 1.82) is 0 Å². The van der Waals surface area contributed by atoms with Gasteiger partial charge >= 0.3 is 6.36 Å². The average Bonchev–Trinajstić information content (AvgIpc) is 2.91. The topological polar surface area (TPSA) is 58.6 Å². The van der Waals surface area contributed by atoms with Gasteiger partial charge in [0.25, 0.3) is 5.91 Å². The van der Waals surface area contributed by atoms with Gasteiger partial charge in [-0.3, -0.25) is 4.79 Å². The predicted molar refractivity (Wildman–Crippen MR) is 84.7 cm³/mol. The molecule has 3 rings (SSSR count).